The number of carbonyl (C=O) groups is 2. The summed E-state index contributed by atoms with van der Waals surface area (Å²) in [6, 6.07) is 3.27. The van der Waals surface area contributed by atoms with Gasteiger partial charge in [0.25, 0.3) is 5.91 Å². The number of thiophene rings is 1. The number of hydrogen-bond acceptors (Lipinski definition) is 5. The number of hydrogen-bond donors (Lipinski definition) is 2. The third kappa shape index (κ3) is 2.34. The van der Waals surface area contributed by atoms with Crippen LogP contribution < -0.4 is 5.32 Å². The Labute approximate surface area is 99.9 Å². The molecule has 0 bridgehead atoms. The highest BCUT2D eigenvalue weighted by molar-refractivity contribution is 7.12. The number of aromatic nitrogens is 1. The minimum atomic E-state index is -1.22. The van der Waals surface area contributed by atoms with E-state index in [1.165, 1.54) is 18.3 Å². The Balaban J connectivity index is 2.17. The molecule has 0 saturated heterocycles. The maximum absolute atomic E-state index is 11.6. The molecule has 0 unspecified atom stereocenters. The van der Waals surface area contributed by atoms with Crippen molar-refractivity contribution >= 4 is 29.2 Å². The van der Waals surface area contributed by atoms with Gasteiger partial charge in [0, 0.05) is 0 Å². The molecule has 1 amide bonds. The van der Waals surface area contributed by atoms with Crippen LogP contribution in [-0.2, 0) is 0 Å². The number of carboxylic acid groups (broad SMARTS) is 1. The van der Waals surface area contributed by atoms with Crippen molar-refractivity contribution in [3.63, 3.8) is 0 Å². The predicted octanol–water partition coefficient (Wildman–Crippen LogP) is 2.00. The van der Waals surface area contributed by atoms with Gasteiger partial charge in [-0.15, -0.1) is 11.3 Å². The largest absolute Gasteiger partial charge is 0.475 e. The van der Waals surface area contributed by atoms with Crippen LogP contribution in [0.25, 0.3) is 0 Å². The van der Waals surface area contributed by atoms with Crippen molar-refractivity contribution in [2.45, 2.75) is 6.92 Å². The number of nitrogens with zero attached hydrogens (tertiary/aromatic N) is 1. The van der Waals surface area contributed by atoms with Crippen molar-refractivity contribution in [3.05, 3.63) is 33.8 Å². The second kappa shape index (κ2) is 4.38. The maximum Gasteiger partial charge on any atom is 0.373 e. The van der Waals surface area contributed by atoms with Crippen LogP contribution in [0.5, 0.6) is 0 Å². The number of amides is 1. The zero-order chi connectivity index (χ0) is 12.4. The summed E-state index contributed by atoms with van der Waals surface area (Å²) >= 11 is 1.27. The van der Waals surface area contributed by atoms with Gasteiger partial charge in [-0.1, -0.05) is 6.07 Å². The molecule has 2 rings (SSSR count). The molecule has 2 N–H and O–H groups in total. The van der Waals surface area contributed by atoms with Crippen molar-refractivity contribution in [2.24, 2.45) is 0 Å². The summed E-state index contributed by atoms with van der Waals surface area (Å²) in [5, 5.41) is 12.9. The highest BCUT2D eigenvalue weighted by Gasteiger charge is 2.18. The van der Waals surface area contributed by atoms with E-state index in [4.69, 9.17) is 9.52 Å². The average Bonchev–Trinajstić information content (AvgIpc) is 2.86. The van der Waals surface area contributed by atoms with Gasteiger partial charge in [-0.2, -0.15) is 4.98 Å². The first-order valence-electron chi connectivity index (χ1n) is 4.63. The van der Waals surface area contributed by atoms with Gasteiger partial charge in [-0.3, -0.25) is 10.1 Å². The molecule has 0 fully saturated rings. The van der Waals surface area contributed by atoms with Crippen molar-refractivity contribution < 1.29 is 19.1 Å². The minimum Gasteiger partial charge on any atom is -0.475 e. The van der Waals surface area contributed by atoms with Gasteiger partial charge in [0.05, 0.1) is 10.6 Å². The third-order valence-electron chi connectivity index (χ3n) is 1.96. The Morgan fingerprint density at radius 1 is 1.53 bits per heavy atom. The minimum absolute atomic E-state index is 0.113. The second-order valence-corrected chi connectivity index (χ2v) is 4.12. The molecule has 7 heteroatoms. The quantitative estimate of drug-likeness (QED) is 0.871. The molecule has 88 valence electrons. The number of nitrogens with one attached hydrogen (secondary N) is 1. The van der Waals surface area contributed by atoms with E-state index in [-0.39, 0.29) is 23.4 Å². The Morgan fingerprint density at radius 3 is 2.82 bits per heavy atom. The molecule has 2 heterocycles. The SMILES string of the molecule is Cc1nc(NC(=O)c2cccs2)oc1C(=O)O. The number of carboxylic acids is 1. The van der Waals surface area contributed by atoms with E-state index in [0.717, 1.165) is 0 Å². The molecule has 6 nitrogen and oxygen atoms in total. The van der Waals surface area contributed by atoms with Crippen molar-refractivity contribution in [1.82, 2.24) is 4.98 Å². The van der Waals surface area contributed by atoms with E-state index in [0.29, 0.717) is 4.88 Å². The highest BCUT2D eigenvalue weighted by atomic mass is 32.1. The molecular formula is C10H8N2O4S. The molecule has 0 aliphatic carbocycles. The lowest BCUT2D eigenvalue weighted by Gasteiger charge is -1.96. The summed E-state index contributed by atoms with van der Waals surface area (Å²) in [4.78, 5) is 26.6. The van der Waals surface area contributed by atoms with Crippen molar-refractivity contribution in [1.29, 1.82) is 0 Å². The van der Waals surface area contributed by atoms with Gasteiger partial charge in [0.15, 0.2) is 0 Å². The van der Waals surface area contributed by atoms with Crippen LogP contribution in [0.15, 0.2) is 21.9 Å². The monoisotopic (exact) mass is 252 g/mol. The lowest BCUT2D eigenvalue weighted by atomic mass is 10.4. The normalized spacial score (nSPS) is 10.2. The molecule has 0 spiro atoms. The van der Waals surface area contributed by atoms with Gasteiger partial charge in [0.2, 0.25) is 5.76 Å². The van der Waals surface area contributed by atoms with Crippen LogP contribution in [-0.4, -0.2) is 22.0 Å². The number of aryl methyl sites for hydroxylation is 1. The van der Waals surface area contributed by atoms with Crippen LogP contribution in [0.4, 0.5) is 6.01 Å². The Bertz CT molecular complexity index is 559. The topological polar surface area (TPSA) is 92.4 Å². The molecule has 17 heavy (non-hydrogen) atoms. The van der Waals surface area contributed by atoms with Gasteiger partial charge in [0.1, 0.15) is 0 Å². The first kappa shape index (κ1) is 11.3. The molecule has 0 aromatic carbocycles. The summed E-state index contributed by atoms with van der Waals surface area (Å²) in [6.07, 6.45) is 0. The summed E-state index contributed by atoms with van der Waals surface area (Å²) in [7, 11) is 0. The fourth-order valence-corrected chi connectivity index (χ4v) is 1.83. The first-order chi connectivity index (χ1) is 8.08. The smallest absolute Gasteiger partial charge is 0.373 e. The number of carbonyl (C=O) groups excluding carboxylic acids is 1. The fourth-order valence-electron chi connectivity index (χ4n) is 1.21. The van der Waals surface area contributed by atoms with Gasteiger partial charge >= 0.3 is 12.0 Å². The van der Waals surface area contributed by atoms with E-state index in [9.17, 15) is 9.59 Å². The highest BCUT2D eigenvalue weighted by Crippen LogP contribution is 2.16. The average molecular weight is 252 g/mol. The number of rotatable bonds is 3. The number of anilines is 1. The maximum atomic E-state index is 11.6. The molecule has 2 aromatic rings. The molecule has 0 aliphatic rings. The second-order valence-electron chi connectivity index (χ2n) is 3.17. The Hall–Kier alpha value is -2.15. The first-order valence-corrected chi connectivity index (χ1v) is 5.51. The Morgan fingerprint density at radius 2 is 2.29 bits per heavy atom. The van der Waals surface area contributed by atoms with E-state index in [1.54, 1.807) is 17.5 Å². The number of aromatic carboxylic acids is 1. The zero-order valence-corrected chi connectivity index (χ0v) is 9.58. The van der Waals surface area contributed by atoms with E-state index in [1.807, 2.05) is 0 Å². The van der Waals surface area contributed by atoms with Gasteiger partial charge in [-0.25, -0.2) is 4.79 Å². The van der Waals surface area contributed by atoms with Crippen LogP contribution in [0.2, 0.25) is 0 Å². The van der Waals surface area contributed by atoms with Crippen molar-refractivity contribution in [2.75, 3.05) is 5.32 Å². The molecular weight excluding hydrogens is 244 g/mol. The number of oxazole rings is 1. The van der Waals surface area contributed by atoms with Gasteiger partial charge < -0.3 is 9.52 Å². The lowest BCUT2D eigenvalue weighted by Crippen LogP contribution is -2.10. The van der Waals surface area contributed by atoms with Gasteiger partial charge in [-0.05, 0) is 18.4 Å². The van der Waals surface area contributed by atoms with Crippen LogP contribution in [0.1, 0.15) is 25.9 Å². The van der Waals surface area contributed by atoms with Crippen LogP contribution in [0, 0.1) is 6.92 Å². The van der Waals surface area contributed by atoms with Crippen LogP contribution in [0.3, 0.4) is 0 Å². The van der Waals surface area contributed by atoms with E-state index < -0.39 is 5.97 Å². The zero-order valence-electron chi connectivity index (χ0n) is 8.76. The van der Waals surface area contributed by atoms with Crippen LogP contribution >= 0.6 is 11.3 Å². The predicted molar refractivity (Wildman–Crippen MR) is 60.5 cm³/mol. The van der Waals surface area contributed by atoms with E-state index in [2.05, 4.69) is 10.3 Å². The molecule has 0 radical (unpaired) electrons. The molecule has 2 aromatic heterocycles. The summed E-state index contributed by atoms with van der Waals surface area (Å²) in [6.45, 7) is 1.49. The molecule has 0 saturated carbocycles. The third-order valence-corrected chi connectivity index (χ3v) is 2.82. The standard InChI is InChI=1S/C10H8N2O4S/c1-5-7(9(14)15)16-10(11-5)12-8(13)6-3-2-4-17-6/h2-4H,1H3,(H,14,15)(H,11,12,13). The lowest BCUT2D eigenvalue weighted by molar-refractivity contribution is 0.0661. The summed E-state index contributed by atoms with van der Waals surface area (Å²) in [5.74, 6) is -1.86. The van der Waals surface area contributed by atoms with E-state index >= 15 is 0 Å². The summed E-state index contributed by atoms with van der Waals surface area (Å²) in [5.41, 5.74) is 0.221. The molecule has 0 atom stereocenters. The fraction of sp³-hybridized carbons (Fsp3) is 0.100. The summed E-state index contributed by atoms with van der Waals surface area (Å²) < 4.78 is 4.91. The van der Waals surface area contributed by atoms with Crippen molar-refractivity contribution in [3.8, 4) is 0 Å². The Kier molecular flexibility index (Phi) is 2.92. The molecule has 0 aliphatic heterocycles.